The van der Waals surface area contributed by atoms with E-state index in [0.717, 1.165) is 0 Å². The molecule has 0 aliphatic carbocycles. The first-order chi connectivity index (χ1) is 11.0. The largest absolute Gasteiger partial charge is 0.510 e. The smallest absolute Gasteiger partial charge is 0.337 e. The minimum absolute atomic E-state index is 0.0634. The van der Waals surface area contributed by atoms with Gasteiger partial charge in [-0.25, -0.2) is 9.78 Å². The summed E-state index contributed by atoms with van der Waals surface area (Å²) in [5, 5.41) is 30.6. The average Bonchev–Trinajstić information content (AvgIpc) is 3.00. The van der Waals surface area contributed by atoms with Crippen molar-refractivity contribution in [3.05, 3.63) is 52.9 Å². The van der Waals surface area contributed by atoms with Crippen LogP contribution < -0.4 is 5.32 Å². The highest BCUT2D eigenvalue weighted by atomic mass is 32.1. The first-order valence-corrected chi connectivity index (χ1v) is 7.21. The van der Waals surface area contributed by atoms with Crippen LogP contribution in [0.15, 0.2) is 57.5 Å². The quantitative estimate of drug-likeness (QED) is 0.440. The van der Waals surface area contributed by atoms with Crippen molar-refractivity contribution in [2.24, 2.45) is 10.2 Å². The molecule has 1 aromatic carbocycles. The van der Waals surface area contributed by atoms with Crippen molar-refractivity contribution in [3.8, 4) is 0 Å². The van der Waals surface area contributed by atoms with Crippen molar-refractivity contribution >= 4 is 34.0 Å². The molecule has 2 rings (SSSR count). The van der Waals surface area contributed by atoms with Gasteiger partial charge in [0.05, 0.1) is 5.56 Å². The number of carbonyl (C=O) groups excluding carboxylic acids is 1. The van der Waals surface area contributed by atoms with Gasteiger partial charge in [-0.15, -0.1) is 21.6 Å². The van der Waals surface area contributed by atoms with E-state index < -0.39 is 11.9 Å². The lowest BCUT2D eigenvalue weighted by Crippen LogP contribution is -2.14. The maximum Gasteiger partial charge on any atom is 0.337 e. The number of aromatic carboxylic acids is 1. The maximum atomic E-state index is 12.1. The van der Waals surface area contributed by atoms with Gasteiger partial charge in [0.25, 0.3) is 5.91 Å². The van der Waals surface area contributed by atoms with Crippen LogP contribution in [0.4, 0.5) is 10.8 Å². The molecule has 1 amide bonds. The Hall–Kier alpha value is -3.07. The fourth-order valence-corrected chi connectivity index (χ4v) is 2.09. The van der Waals surface area contributed by atoms with Gasteiger partial charge in [0.15, 0.2) is 10.8 Å². The van der Waals surface area contributed by atoms with Gasteiger partial charge in [-0.3, -0.25) is 10.1 Å². The minimum Gasteiger partial charge on any atom is -0.510 e. The van der Waals surface area contributed by atoms with Crippen LogP contribution in [0, 0.1) is 0 Å². The predicted octanol–water partition coefficient (Wildman–Crippen LogP) is 3.35. The number of nitrogens with one attached hydrogen (secondary N) is 1. The molecule has 0 radical (unpaired) electrons. The van der Waals surface area contributed by atoms with E-state index in [-0.39, 0.29) is 22.7 Å². The second-order valence-electron chi connectivity index (χ2n) is 4.25. The number of hydrogen-bond donors (Lipinski definition) is 3. The fourth-order valence-electron chi connectivity index (χ4n) is 1.57. The number of anilines is 1. The third-order valence-electron chi connectivity index (χ3n) is 2.60. The number of thiazole rings is 1. The van der Waals surface area contributed by atoms with Gasteiger partial charge in [0, 0.05) is 11.6 Å². The zero-order valence-electron chi connectivity index (χ0n) is 11.9. The van der Waals surface area contributed by atoms with E-state index in [0.29, 0.717) is 5.13 Å². The molecule has 9 heteroatoms. The molecular weight excluding hydrogens is 320 g/mol. The van der Waals surface area contributed by atoms with Crippen molar-refractivity contribution in [2.75, 3.05) is 5.32 Å². The summed E-state index contributed by atoms with van der Waals surface area (Å²) in [6.45, 7) is 1.28. The van der Waals surface area contributed by atoms with E-state index >= 15 is 0 Å². The van der Waals surface area contributed by atoms with E-state index in [4.69, 9.17) is 5.11 Å². The number of rotatable bonds is 5. The normalized spacial score (nSPS) is 12.0. The number of aromatic nitrogens is 1. The number of benzene rings is 1. The zero-order chi connectivity index (χ0) is 16.8. The third kappa shape index (κ3) is 4.20. The van der Waals surface area contributed by atoms with E-state index in [1.807, 2.05) is 0 Å². The Labute approximate surface area is 134 Å². The molecule has 1 heterocycles. The summed E-state index contributed by atoms with van der Waals surface area (Å²) in [6, 6.07) is 5.94. The molecular formula is C14H12N4O4S. The van der Waals surface area contributed by atoms with E-state index in [9.17, 15) is 14.7 Å². The predicted molar refractivity (Wildman–Crippen MR) is 84.0 cm³/mol. The lowest BCUT2D eigenvalue weighted by Gasteiger charge is -2.03. The third-order valence-corrected chi connectivity index (χ3v) is 3.29. The van der Waals surface area contributed by atoms with Crippen LogP contribution in [0.1, 0.15) is 17.3 Å². The number of carboxylic acids is 1. The molecule has 8 nitrogen and oxygen atoms in total. The van der Waals surface area contributed by atoms with Crippen molar-refractivity contribution in [1.29, 1.82) is 0 Å². The van der Waals surface area contributed by atoms with Crippen molar-refractivity contribution in [1.82, 2.24) is 4.98 Å². The Balaban J connectivity index is 2.26. The summed E-state index contributed by atoms with van der Waals surface area (Å²) < 4.78 is 0. The Bertz CT molecular complexity index is 780. The van der Waals surface area contributed by atoms with Gasteiger partial charge < -0.3 is 10.2 Å². The summed E-state index contributed by atoms with van der Waals surface area (Å²) >= 11 is 1.20. The molecule has 2 aromatic rings. The molecule has 23 heavy (non-hydrogen) atoms. The van der Waals surface area contributed by atoms with Crippen LogP contribution in [-0.4, -0.2) is 27.1 Å². The van der Waals surface area contributed by atoms with Crippen LogP contribution in [-0.2, 0) is 4.79 Å². The molecule has 0 fully saturated rings. The van der Waals surface area contributed by atoms with E-state index in [1.165, 1.54) is 36.6 Å². The van der Waals surface area contributed by atoms with E-state index in [1.54, 1.807) is 17.5 Å². The maximum absolute atomic E-state index is 12.1. The zero-order valence-corrected chi connectivity index (χ0v) is 12.7. The highest BCUT2D eigenvalue weighted by Crippen LogP contribution is 2.21. The van der Waals surface area contributed by atoms with Gasteiger partial charge in [-0.1, -0.05) is 12.1 Å². The van der Waals surface area contributed by atoms with Crippen molar-refractivity contribution in [3.63, 3.8) is 0 Å². The lowest BCUT2D eigenvalue weighted by atomic mass is 10.2. The second-order valence-corrected chi connectivity index (χ2v) is 5.14. The van der Waals surface area contributed by atoms with Crippen LogP contribution >= 0.6 is 11.3 Å². The standard InChI is InChI=1S/C14H12N4O4S/c1-8(19)11(12(20)16-14-15-6-7-23-14)18-17-10-5-3-2-4-9(10)13(21)22/h2-7,19H,1H3,(H,21,22)(H,15,16,20). The van der Waals surface area contributed by atoms with Crippen LogP contribution in [0.2, 0.25) is 0 Å². The number of carbonyl (C=O) groups is 2. The number of amides is 1. The van der Waals surface area contributed by atoms with E-state index in [2.05, 4.69) is 20.5 Å². The van der Waals surface area contributed by atoms with Crippen molar-refractivity contribution < 1.29 is 19.8 Å². The molecule has 1 aromatic heterocycles. The van der Waals surface area contributed by atoms with Gasteiger partial charge >= 0.3 is 5.97 Å². The average molecular weight is 332 g/mol. The molecule has 0 unspecified atom stereocenters. The highest BCUT2D eigenvalue weighted by molar-refractivity contribution is 7.13. The summed E-state index contributed by atoms with van der Waals surface area (Å²) in [4.78, 5) is 27.0. The molecule has 3 N–H and O–H groups in total. The Morgan fingerprint density at radius 1 is 1.26 bits per heavy atom. The topological polar surface area (TPSA) is 124 Å². The molecule has 0 bridgehead atoms. The molecule has 0 atom stereocenters. The summed E-state index contributed by atoms with van der Waals surface area (Å²) in [5.74, 6) is -2.22. The number of aliphatic hydroxyl groups is 1. The second kappa shape index (κ2) is 7.27. The number of carboxylic acid groups (broad SMARTS) is 1. The molecule has 0 spiro atoms. The van der Waals surface area contributed by atoms with Gasteiger partial charge in [-0.2, -0.15) is 0 Å². The molecule has 0 aliphatic heterocycles. The molecule has 0 saturated heterocycles. The fraction of sp³-hybridized carbons (Fsp3) is 0.0714. The molecule has 118 valence electrons. The number of nitrogens with zero attached hydrogens (tertiary/aromatic N) is 3. The Morgan fingerprint density at radius 2 is 2.00 bits per heavy atom. The number of aliphatic hydroxyl groups excluding tert-OH is 1. The summed E-state index contributed by atoms with van der Waals surface area (Å²) in [7, 11) is 0. The minimum atomic E-state index is -1.17. The van der Waals surface area contributed by atoms with Gasteiger partial charge in [-0.05, 0) is 19.1 Å². The molecule has 0 saturated carbocycles. The monoisotopic (exact) mass is 332 g/mol. The Kier molecular flexibility index (Phi) is 5.15. The number of allylic oxidation sites excluding steroid dienone is 1. The Morgan fingerprint density at radius 3 is 2.61 bits per heavy atom. The van der Waals surface area contributed by atoms with Crippen LogP contribution in [0.5, 0.6) is 0 Å². The first kappa shape index (κ1) is 16.3. The highest BCUT2D eigenvalue weighted by Gasteiger charge is 2.15. The van der Waals surface area contributed by atoms with Gasteiger partial charge in [0.1, 0.15) is 11.4 Å². The number of azo groups is 1. The molecule has 0 aliphatic rings. The SMILES string of the molecule is CC(O)=C(N=Nc1ccccc1C(=O)O)C(=O)Nc1nccs1. The summed E-state index contributed by atoms with van der Waals surface area (Å²) in [6.07, 6.45) is 1.51. The number of hydrogen-bond acceptors (Lipinski definition) is 7. The van der Waals surface area contributed by atoms with Crippen molar-refractivity contribution in [2.45, 2.75) is 6.92 Å². The summed E-state index contributed by atoms with van der Waals surface area (Å²) in [5.41, 5.74) is -0.326. The van der Waals surface area contributed by atoms with Gasteiger partial charge in [0.2, 0.25) is 0 Å². The first-order valence-electron chi connectivity index (χ1n) is 6.33. The van der Waals surface area contributed by atoms with Crippen LogP contribution in [0.3, 0.4) is 0 Å². The van der Waals surface area contributed by atoms with Crippen LogP contribution in [0.25, 0.3) is 0 Å². The lowest BCUT2D eigenvalue weighted by molar-refractivity contribution is -0.113.